The maximum atomic E-state index is 10.4. The summed E-state index contributed by atoms with van der Waals surface area (Å²) in [6.45, 7) is 6.67. The molecule has 102 valence electrons. The SMILES string of the molecule is C=C(C)CCOCCOCC(O)CS(=O)(=O)O. The van der Waals surface area contributed by atoms with E-state index in [1.807, 2.05) is 6.92 Å². The zero-order chi connectivity index (χ0) is 13.3. The van der Waals surface area contributed by atoms with Crippen molar-refractivity contribution in [1.29, 1.82) is 0 Å². The normalized spacial score (nSPS) is 13.6. The topological polar surface area (TPSA) is 93.1 Å². The first kappa shape index (κ1) is 16.5. The van der Waals surface area contributed by atoms with E-state index in [2.05, 4.69) is 6.58 Å². The fourth-order valence-corrected chi connectivity index (χ4v) is 1.56. The third-order valence-electron chi connectivity index (χ3n) is 1.76. The van der Waals surface area contributed by atoms with Crippen LogP contribution in [0.15, 0.2) is 12.2 Å². The van der Waals surface area contributed by atoms with Crippen LogP contribution in [-0.2, 0) is 19.6 Å². The molecule has 0 radical (unpaired) electrons. The van der Waals surface area contributed by atoms with Gasteiger partial charge in [-0.05, 0) is 13.3 Å². The number of rotatable bonds is 10. The number of hydrogen-bond donors (Lipinski definition) is 2. The molecule has 0 heterocycles. The lowest BCUT2D eigenvalue weighted by atomic mass is 10.3. The molecule has 0 rings (SSSR count). The predicted octanol–water partition coefficient (Wildman–Crippen LogP) is 0.235. The Morgan fingerprint density at radius 2 is 1.88 bits per heavy atom. The molecule has 7 heteroatoms. The van der Waals surface area contributed by atoms with Crippen LogP contribution in [0.3, 0.4) is 0 Å². The van der Waals surface area contributed by atoms with Gasteiger partial charge in [-0.15, -0.1) is 6.58 Å². The van der Waals surface area contributed by atoms with Gasteiger partial charge in [-0.3, -0.25) is 4.55 Å². The van der Waals surface area contributed by atoms with E-state index < -0.39 is 22.0 Å². The molecule has 0 aliphatic heterocycles. The third-order valence-corrected chi connectivity index (χ3v) is 2.56. The van der Waals surface area contributed by atoms with Crippen LogP contribution in [0, 0.1) is 0 Å². The van der Waals surface area contributed by atoms with E-state index >= 15 is 0 Å². The summed E-state index contributed by atoms with van der Waals surface area (Å²) in [5, 5.41) is 9.14. The lowest BCUT2D eigenvalue weighted by Gasteiger charge is -2.09. The van der Waals surface area contributed by atoms with Crippen LogP contribution in [0.2, 0.25) is 0 Å². The quantitative estimate of drug-likeness (QED) is 0.335. The minimum atomic E-state index is -4.16. The molecule has 17 heavy (non-hydrogen) atoms. The fourth-order valence-electron chi connectivity index (χ4n) is 0.977. The van der Waals surface area contributed by atoms with Gasteiger partial charge in [0, 0.05) is 0 Å². The molecule has 0 spiro atoms. The van der Waals surface area contributed by atoms with Gasteiger partial charge < -0.3 is 14.6 Å². The molecule has 1 atom stereocenters. The highest BCUT2D eigenvalue weighted by molar-refractivity contribution is 7.85. The number of aliphatic hydroxyl groups is 1. The van der Waals surface area contributed by atoms with E-state index in [4.69, 9.17) is 19.1 Å². The Balaban J connectivity index is 3.37. The first-order chi connectivity index (χ1) is 7.81. The van der Waals surface area contributed by atoms with Crippen LogP contribution in [0.1, 0.15) is 13.3 Å². The maximum absolute atomic E-state index is 10.4. The average molecular weight is 268 g/mol. The number of ether oxygens (including phenoxy) is 2. The zero-order valence-corrected chi connectivity index (χ0v) is 10.8. The van der Waals surface area contributed by atoms with Crippen molar-refractivity contribution in [3.63, 3.8) is 0 Å². The summed E-state index contributed by atoms with van der Waals surface area (Å²) in [6, 6.07) is 0. The van der Waals surface area contributed by atoms with Crippen LogP contribution in [0.5, 0.6) is 0 Å². The molecule has 0 saturated heterocycles. The Hall–Kier alpha value is -0.470. The van der Waals surface area contributed by atoms with Crippen LogP contribution < -0.4 is 0 Å². The van der Waals surface area contributed by atoms with Crippen LogP contribution in [0.25, 0.3) is 0 Å². The van der Waals surface area contributed by atoms with Gasteiger partial charge in [-0.25, -0.2) is 0 Å². The lowest BCUT2D eigenvalue weighted by molar-refractivity contribution is 0.0107. The maximum Gasteiger partial charge on any atom is 0.267 e. The average Bonchev–Trinajstić information content (AvgIpc) is 2.12. The second-order valence-corrected chi connectivity index (χ2v) is 5.29. The predicted molar refractivity (Wildman–Crippen MR) is 63.5 cm³/mol. The monoisotopic (exact) mass is 268 g/mol. The van der Waals surface area contributed by atoms with Crippen LogP contribution in [0.4, 0.5) is 0 Å². The van der Waals surface area contributed by atoms with Crippen molar-refractivity contribution in [2.75, 3.05) is 32.2 Å². The summed E-state index contributed by atoms with van der Waals surface area (Å²) in [4.78, 5) is 0. The Labute approximate surface area is 102 Å². The molecule has 0 aromatic rings. The highest BCUT2D eigenvalue weighted by Gasteiger charge is 2.13. The van der Waals surface area contributed by atoms with Gasteiger partial charge in [0.1, 0.15) is 5.75 Å². The largest absolute Gasteiger partial charge is 0.390 e. The van der Waals surface area contributed by atoms with Gasteiger partial charge in [-0.1, -0.05) is 5.57 Å². The van der Waals surface area contributed by atoms with Crippen molar-refractivity contribution < 1.29 is 27.6 Å². The first-order valence-corrected chi connectivity index (χ1v) is 6.85. The lowest BCUT2D eigenvalue weighted by Crippen LogP contribution is -2.26. The van der Waals surface area contributed by atoms with Crippen LogP contribution >= 0.6 is 0 Å². The van der Waals surface area contributed by atoms with E-state index in [1.54, 1.807) is 0 Å². The standard InChI is InChI=1S/C10H20O6S/c1-9(2)3-4-15-5-6-16-7-10(11)8-17(12,13)14/h10-11H,1,3-8H2,2H3,(H,12,13,14). The second kappa shape index (κ2) is 8.60. The van der Waals surface area contributed by atoms with Gasteiger partial charge in [0.25, 0.3) is 10.1 Å². The number of hydrogen-bond acceptors (Lipinski definition) is 5. The van der Waals surface area contributed by atoms with Gasteiger partial charge in [0.15, 0.2) is 0 Å². The molecule has 2 N–H and O–H groups in total. The number of aliphatic hydroxyl groups excluding tert-OH is 1. The third kappa shape index (κ3) is 13.5. The molecule has 0 saturated carbocycles. The van der Waals surface area contributed by atoms with E-state index in [-0.39, 0.29) is 13.2 Å². The van der Waals surface area contributed by atoms with E-state index in [9.17, 15) is 8.42 Å². The Morgan fingerprint density at radius 1 is 1.29 bits per heavy atom. The molecule has 0 bridgehead atoms. The molecule has 0 aliphatic rings. The summed E-state index contributed by atoms with van der Waals surface area (Å²) in [6.07, 6.45) is -0.439. The van der Waals surface area contributed by atoms with Gasteiger partial charge >= 0.3 is 0 Å². The zero-order valence-electron chi connectivity index (χ0n) is 9.96. The molecular weight excluding hydrogens is 248 g/mol. The minimum absolute atomic E-state index is 0.149. The summed E-state index contributed by atoms with van der Waals surface area (Å²) >= 11 is 0. The van der Waals surface area contributed by atoms with Crippen molar-refractivity contribution in [3.05, 3.63) is 12.2 Å². The molecule has 0 aromatic carbocycles. The fraction of sp³-hybridized carbons (Fsp3) is 0.800. The molecule has 0 aliphatic carbocycles. The van der Waals surface area contributed by atoms with Crippen molar-refractivity contribution in [1.82, 2.24) is 0 Å². The Morgan fingerprint density at radius 3 is 2.41 bits per heavy atom. The summed E-state index contributed by atoms with van der Waals surface area (Å²) in [7, 11) is -4.16. The van der Waals surface area contributed by atoms with Crippen LogP contribution in [-0.4, -0.2) is 56.4 Å². The summed E-state index contributed by atoms with van der Waals surface area (Å²) < 4.78 is 39.4. The van der Waals surface area contributed by atoms with E-state index in [1.165, 1.54) is 0 Å². The second-order valence-electron chi connectivity index (χ2n) is 3.80. The van der Waals surface area contributed by atoms with E-state index in [0.717, 1.165) is 12.0 Å². The van der Waals surface area contributed by atoms with Gasteiger partial charge in [-0.2, -0.15) is 8.42 Å². The van der Waals surface area contributed by atoms with Crippen molar-refractivity contribution in [2.45, 2.75) is 19.4 Å². The molecule has 6 nitrogen and oxygen atoms in total. The highest BCUT2D eigenvalue weighted by Crippen LogP contribution is 1.95. The molecule has 0 aromatic heterocycles. The summed E-state index contributed by atoms with van der Waals surface area (Å²) in [5.41, 5.74) is 1.04. The first-order valence-electron chi connectivity index (χ1n) is 5.24. The Kier molecular flexibility index (Phi) is 8.36. The van der Waals surface area contributed by atoms with Crippen molar-refractivity contribution >= 4 is 10.1 Å². The molecule has 0 fully saturated rings. The molecule has 1 unspecified atom stereocenters. The van der Waals surface area contributed by atoms with Gasteiger partial charge in [0.2, 0.25) is 0 Å². The molecule has 0 amide bonds. The minimum Gasteiger partial charge on any atom is -0.390 e. The molecular formula is C10H20O6S. The highest BCUT2D eigenvalue weighted by atomic mass is 32.2. The Bertz CT molecular complexity index is 311. The van der Waals surface area contributed by atoms with Crippen molar-refractivity contribution in [3.8, 4) is 0 Å². The smallest absolute Gasteiger partial charge is 0.267 e. The van der Waals surface area contributed by atoms with Gasteiger partial charge in [0.05, 0.1) is 32.5 Å². The van der Waals surface area contributed by atoms with E-state index in [0.29, 0.717) is 13.2 Å². The summed E-state index contributed by atoms with van der Waals surface area (Å²) in [5.74, 6) is -0.719. The van der Waals surface area contributed by atoms with Crippen molar-refractivity contribution in [2.24, 2.45) is 0 Å².